The fraction of sp³-hybridized carbons (Fsp3) is 0.400. The number of hydrogen-bond acceptors (Lipinski definition) is 5. The van der Waals surface area contributed by atoms with Gasteiger partial charge in [-0.15, -0.1) is 0 Å². The van der Waals surface area contributed by atoms with E-state index >= 15 is 0 Å². The van der Waals surface area contributed by atoms with Gasteiger partial charge in [0.05, 0.1) is 11.4 Å². The summed E-state index contributed by atoms with van der Waals surface area (Å²) >= 11 is 1.59. The molecular formula is C15H19N3O2S. The first-order chi connectivity index (χ1) is 10.1. The number of nitrogens with two attached hydrogens (primary N) is 1. The van der Waals surface area contributed by atoms with Crippen LogP contribution in [-0.4, -0.2) is 23.0 Å². The van der Waals surface area contributed by atoms with Crippen molar-refractivity contribution in [1.82, 2.24) is 9.78 Å². The highest BCUT2D eigenvalue weighted by Gasteiger charge is 2.18. The number of benzene rings is 1. The number of nitrogen functional groups attached to an aromatic ring is 1. The summed E-state index contributed by atoms with van der Waals surface area (Å²) < 4.78 is 13.0. The Morgan fingerprint density at radius 2 is 1.95 bits per heavy atom. The SMILES string of the molecule is CC(C)c1nn(C)c(Sc2ccc3c(c2)OCCO3)c1N. The van der Waals surface area contributed by atoms with E-state index in [1.165, 1.54) is 0 Å². The van der Waals surface area contributed by atoms with Crippen LogP contribution in [0.1, 0.15) is 25.5 Å². The first-order valence-electron chi connectivity index (χ1n) is 6.96. The van der Waals surface area contributed by atoms with Gasteiger partial charge in [-0.05, 0) is 24.1 Å². The number of hydrogen-bond donors (Lipinski definition) is 1. The number of anilines is 1. The van der Waals surface area contributed by atoms with Gasteiger partial charge in [-0.1, -0.05) is 25.6 Å². The zero-order chi connectivity index (χ0) is 15.0. The van der Waals surface area contributed by atoms with Crippen LogP contribution < -0.4 is 15.2 Å². The zero-order valence-corrected chi connectivity index (χ0v) is 13.2. The van der Waals surface area contributed by atoms with E-state index < -0.39 is 0 Å². The minimum Gasteiger partial charge on any atom is -0.486 e. The van der Waals surface area contributed by atoms with Gasteiger partial charge in [-0.2, -0.15) is 5.10 Å². The van der Waals surface area contributed by atoms with Crippen LogP contribution >= 0.6 is 11.8 Å². The Bertz CT molecular complexity index is 667. The summed E-state index contributed by atoms with van der Waals surface area (Å²) in [5.41, 5.74) is 7.93. The predicted molar refractivity (Wildman–Crippen MR) is 83.3 cm³/mol. The summed E-state index contributed by atoms with van der Waals surface area (Å²) in [5, 5.41) is 5.46. The zero-order valence-electron chi connectivity index (χ0n) is 12.4. The quantitative estimate of drug-likeness (QED) is 0.944. The summed E-state index contributed by atoms with van der Waals surface area (Å²) in [7, 11) is 1.92. The molecule has 1 aliphatic heterocycles. The molecule has 0 amide bonds. The van der Waals surface area contributed by atoms with Crippen molar-refractivity contribution in [3.05, 3.63) is 23.9 Å². The van der Waals surface area contributed by atoms with Gasteiger partial charge in [0.1, 0.15) is 18.2 Å². The number of ether oxygens (including phenoxy) is 2. The minimum atomic E-state index is 0.311. The van der Waals surface area contributed by atoms with Gasteiger partial charge in [0.25, 0.3) is 0 Å². The summed E-state index contributed by atoms with van der Waals surface area (Å²) in [5.74, 6) is 1.90. The molecule has 0 bridgehead atoms. The monoisotopic (exact) mass is 305 g/mol. The van der Waals surface area contributed by atoms with Crippen LogP contribution in [-0.2, 0) is 7.05 Å². The molecule has 0 aliphatic carbocycles. The second-order valence-corrected chi connectivity index (χ2v) is 6.35. The fourth-order valence-corrected chi connectivity index (χ4v) is 3.20. The lowest BCUT2D eigenvalue weighted by molar-refractivity contribution is 0.171. The third-order valence-corrected chi connectivity index (χ3v) is 4.50. The van der Waals surface area contributed by atoms with E-state index in [1.807, 2.05) is 29.9 Å². The van der Waals surface area contributed by atoms with Crippen molar-refractivity contribution in [2.75, 3.05) is 18.9 Å². The molecule has 1 aromatic carbocycles. The molecule has 2 N–H and O–H groups in total. The largest absolute Gasteiger partial charge is 0.486 e. The van der Waals surface area contributed by atoms with E-state index in [0.717, 1.165) is 32.8 Å². The highest BCUT2D eigenvalue weighted by Crippen LogP contribution is 2.39. The second-order valence-electron chi connectivity index (χ2n) is 5.29. The van der Waals surface area contributed by atoms with Gasteiger partial charge in [-0.25, -0.2) is 0 Å². The summed E-state index contributed by atoms with van der Waals surface area (Å²) in [4.78, 5) is 1.06. The Morgan fingerprint density at radius 1 is 1.24 bits per heavy atom. The third-order valence-electron chi connectivity index (χ3n) is 3.33. The van der Waals surface area contributed by atoms with E-state index in [0.29, 0.717) is 19.1 Å². The lowest BCUT2D eigenvalue weighted by atomic mass is 10.1. The van der Waals surface area contributed by atoms with E-state index in [9.17, 15) is 0 Å². The minimum absolute atomic E-state index is 0.311. The molecule has 6 heteroatoms. The van der Waals surface area contributed by atoms with Crippen molar-refractivity contribution >= 4 is 17.4 Å². The van der Waals surface area contributed by atoms with E-state index in [4.69, 9.17) is 15.2 Å². The van der Waals surface area contributed by atoms with Crippen LogP contribution in [0, 0.1) is 0 Å². The van der Waals surface area contributed by atoms with Crippen LogP contribution in [0.15, 0.2) is 28.1 Å². The Morgan fingerprint density at radius 3 is 2.62 bits per heavy atom. The average molecular weight is 305 g/mol. The standard InChI is InChI=1S/C15H19N3O2S/c1-9(2)14-13(16)15(18(3)17-14)21-10-4-5-11-12(8-10)20-7-6-19-11/h4-5,8-9H,6-7,16H2,1-3H3. The maximum absolute atomic E-state index is 6.23. The number of fused-ring (bicyclic) bond motifs is 1. The van der Waals surface area contributed by atoms with Crippen molar-refractivity contribution in [3.63, 3.8) is 0 Å². The summed E-state index contributed by atoms with van der Waals surface area (Å²) in [6, 6.07) is 5.94. The number of nitrogens with zero attached hydrogens (tertiary/aromatic N) is 2. The molecule has 0 unspecified atom stereocenters. The first kappa shape index (κ1) is 14.1. The highest BCUT2D eigenvalue weighted by molar-refractivity contribution is 7.99. The number of aryl methyl sites for hydroxylation is 1. The summed E-state index contributed by atoms with van der Waals surface area (Å²) in [6.45, 7) is 5.38. The molecule has 21 heavy (non-hydrogen) atoms. The van der Waals surface area contributed by atoms with E-state index in [2.05, 4.69) is 18.9 Å². The molecule has 0 spiro atoms. The van der Waals surface area contributed by atoms with Crippen LogP contribution in [0.25, 0.3) is 0 Å². The van der Waals surface area contributed by atoms with Crippen molar-refractivity contribution in [2.45, 2.75) is 29.7 Å². The van der Waals surface area contributed by atoms with E-state index in [-0.39, 0.29) is 0 Å². The fourth-order valence-electron chi connectivity index (χ4n) is 2.29. The van der Waals surface area contributed by atoms with E-state index in [1.54, 1.807) is 11.8 Å². The van der Waals surface area contributed by atoms with Gasteiger partial charge in [0, 0.05) is 11.9 Å². The molecule has 0 atom stereocenters. The Balaban J connectivity index is 1.90. The van der Waals surface area contributed by atoms with Gasteiger partial charge in [0.2, 0.25) is 0 Å². The predicted octanol–water partition coefficient (Wildman–Crippen LogP) is 3.05. The smallest absolute Gasteiger partial charge is 0.162 e. The second kappa shape index (κ2) is 5.52. The molecule has 112 valence electrons. The van der Waals surface area contributed by atoms with Crippen molar-refractivity contribution in [2.24, 2.45) is 7.05 Å². The molecule has 2 aromatic rings. The Labute approximate surface area is 128 Å². The maximum atomic E-state index is 6.23. The van der Waals surface area contributed by atoms with Gasteiger partial charge in [0.15, 0.2) is 11.5 Å². The third kappa shape index (κ3) is 2.68. The molecule has 0 saturated heterocycles. The normalized spacial score (nSPS) is 13.7. The first-order valence-corrected chi connectivity index (χ1v) is 7.77. The van der Waals surface area contributed by atoms with Gasteiger partial charge >= 0.3 is 0 Å². The molecule has 1 aromatic heterocycles. The molecule has 1 aliphatic rings. The molecular weight excluding hydrogens is 286 g/mol. The van der Waals surface area contributed by atoms with Gasteiger partial charge in [-0.3, -0.25) is 4.68 Å². The van der Waals surface area contributed by atoms with Crippen molar-refractivity contribution in [1.29, 1.82) is 0 Å². The molecule has 5 nitrogen and oxygen atoms in total. The van der Waals surface area contributed by atoms with Crippen LogP contribution in [0.5, 0.6) is 11.5 Å². The number of aromatic nitrogens is 2. The molecule has 0 saturated carbocycles. The van der Waals surface area contributed by atoms with Crippen molar-refractivity contribution < 1.29 is 9.47 Å². The lowest BCUT2D eigenvalue weighted by Gasteiger charge is -2.18. The van der Waals surface area contributed by atoms with Crippen LogP contribution in [0.4, 0.5) is 5.69 Å². The van der Waals surface area contributed by atoms with Crippen LogP contribution in [0.3, 0.4) is 0 Å². The average Bonchev–Trinajstić information content (AvgIpc) is 2.75. The maximum Gasteiger partial charge on any atom is 0.162 e. The molecule has 2 heterocycles. The highest BCUT2D eigenvalue weighted by atomic mass is 32.2. The topological polar surface area (TPSA) is 62.3 Å². The van der Waals surface area contributed by atoms with Crippen LogP contribution in [0.2, 0.25) is 0 Å². The molecule has 0 radical (unpaired) electrons. The Hall–Kier alpha value is -1.82. The molecule has 0 fully saturated rings. The van der Waals surface area contributed by atoms with Gasteiger partial charge < -0.3 is 15.2 Å². The van der Waals surface area contributed by atoms with Crippen molar-refractivity contribution in [3.8, 4) is 11.5 Å². The molecule has 3 rings (SSSR count). The summed E-state index contributed by atoms with van der Waals surface area (Å²) in [6.07, 6.45) is 0. The number of rotatable bonds is 3. The Kier molecular flexibility index (Phi) is 3.71. The lowest BCUT2D eigenvalue weighted by Crippen LogP contribution is -2.15.